The number of hydrogen-bond acceptors (Lipinski definition) is 2. The summed E-state index contributed by atoms with van der Waals surface area (Å²) < 4.78 is 0. The van der Waals surface area contributed by atoms with Gasteiger partial charge in [0.25, 0.3) is 5.91 Å². The minimum atomic E-state index is -0.923. The Morgan fingerprint density at radius 1 is 1.22 bits per heavy atom. The second-order valence-corrected chi connectivity index (χ2v) is 6.39. The molecule has 1 N–H and O–H groups in total. The molecule has 1 atom stereocenters. The van der Waals surface area contributed by atoms with Gasteiger partial charge in [0.15, 0.2) is 0 Å². The van der Waals surface area contributed by atoms with Crippen molar-refractivity contribution in [1.29, 1.82) is 0 Å². The van der Waals surface area contributed by atoms with E-state index < -0.39 is 5.97 Å². The molecule has 0 saturated heterocycles. The van der Waals surface area contributed by atoms with Gasteiger partial charge >= 0.3 is 5.97 Å². The molecule has 0 saturated carbocycles. The van der Waals surface area contributed by atoms with Gasteiger partial charge in [0.05, 0.1) is 22.2 Å². The molecule has 2 aliphatic rings. The molecule has 0 bridgehead atoms. The van der Waals surface area contributed by atoms with Crippen molar-refractivity contribution in [1.82, 2.24) is 4.90 Å². The van der Waals surface area contributed by atoms with Crippen LogP contribution in [0.4, 0.5) is 0 Å². The Bertz CT molecular complexity index is 846. The third kappa shape index (κ3) is 2.13. The highest BCUT2D eigenvalue weighted by Crippen LogP contribution is 2.41. The first kappa shape index (κ1) is 14.3. The predicted molar refractivity (Wildman–Crippen MR) is 85.8 cm³/mol. The quantitative estimate of drug-likeness (QED) is 0.915. The van der Waals surface area contributed by atoms with Crippen LogP contribution in [0.25, 0.3) is 0 Å². The molecule has 1 amide bonds. The number of nitrogens with zero attached hydrogens (tertiary/aromatic N) is 1. The molecular weight excluding hydrogens is 314 g/mol. The summed E-state index contributed by atoms with van der Waals surface area (Å²) in [7, 11) is 0. The van der Waals surface area contributed by atoms with E-state index >= 15 is 0 Å². The maximum atomic E-state index is 12.7. The lowest BCUT2D eigenvalue weighted by Crippen LogP contribution is -2.27. The number of hydrogen-bond donors (Lipinski definition) is 1. The van der Waals surface area contributed by atoms with Crippen molar-refractivity contribution in [2.45, 2.75) is 25.4 Å². The lowest BCUT2D eigenvalue weighted by molar-refractivity contribution is 0.0688. The van der Waals surface area contributed by atoms with E-state index in [-0.39, 0.29) is 11.9 Å². The number of carboxylic acids is 1. The van der Waals surface area contributed by atoms with Gasteiger partial charge in [0, 0.05) is 6.54 Å². The first-order valence-electron chi connectivity index (χ1n) is 7.50. The minimum Gasteiger partial charge on any atom is -0.478 e. The van der Waals surface area contributed by atoms with Crippen LogP contribution in [-0.2, 0) is 13.0 Å². The predicted octanol–water partition coefficient (Wildman–Crippen LogP) is 3.68. The van der Waals surface area contributed by atoms with E-state index in [0.717, 1.165) is 29.5 Å². The van der Waals surface area contributed by atoms with E-state index in [4.69, 9.17) is 16.7 Å². The molecule has 0 radical (unpaired) electrons. The standard InChI is InChI=1S/C18H14ClNO3/c19-14-3-1-2-12-9-20(17(21)16(12)14)15-7-5-10-8-11(18(22)23)4-6-13(10)15/h1-4,6,8,15H,5,7,9H2,(H,22,23)/t15-/m0/s1. The van der Waals surface area contributed by atoms with Gasteiger partial charge < -0.3 is 10.0 Å². The number of halogens is 1. The van der Waals surface area contributed by atoms with Crippen molar-refractivity contribution in [3.63, 3.8) is 0 Å². The average molecular weight is 328 g/mol. The van der Waals surface area contributed by atoms with Crippen LogP contribution in [0.15, 0.2) is 36.4 Å². The normalized spacial score (nSPS) is 18.9. The number of amides is 1. The fraction of sp³-hybridized carbons (Fsp3) is 0.222. The number of benzene rings is 2. The summed E-state index contributed by atoms with van der Waals surface area (Å²) in [5.74, 6) is -0.960. The van der Waals surface area contributed by atoms with Crippen LogP contribution in [-0.4, -0.2) is 21.9 Å². The van der Waals surface area contributed by atoms with E-state index in [1.165, 1.54) is 0 Å². The van der Waals surface area contributed by atoms with Crippen LogP contribution in [0, 0.1) is 0 Å². The van der Waals surface area contributed by atoms with E-state index in [1.807, 2.05) is 23.1 Å². The Balaban J connectivity index is 1.69. The Morgan fingerprint density at radius 3 is 2.78 bits per heavy atom. The maximum absolute atomic E-state index is 12.7. The lowest BCUT2D eigenvalue weighted by Gasteiger charge is -2.25. The van der Waals surface area contributed by atoms with Gasteiger partial charge in [-0.1, -0.05) is 29.8 Å². The van der Waals surface area contributed by atoms with Crippen LogP contribution in [0.1, 0.15) is 49.9 Å². The first-order valence-corrected chi connectivity index (χ1v) is 7.88. The zero-order valence-corrected chi connectivity index (χ0v) is 13.0. The van der Waals surface area contributed by atoms with Crippen LogP contribution in [0.3, 0.4) is 0 Å². The van der Waals surface area contributed by atoms with E-state index in [2.05, 4.69) is 0 Å². The largest absolute Gasteiger partial charge is 0.478 e. The van der Waals surface area contributed by atoms with Gasteiger partial charge in [-0.05, 0) is 47.7 Å². The monoisotopic (exact) mass is 327 g/mol. The highest BCUT2D eigenvalue weighted by Gasteiger charge is 2.37. The van der Waals surface area contributed by atoms with E-state index in [1.54, 1.807) is 18.2 Å². The molecule has 5 heteroatoms. The van der Waals surface area contributed by atoms with Crippen molar-refractivity contribution in [3.8, 4) is 0 Å². The summed E-state index contributed by atoms with van der Waals surface area (Å²) in [5.41, 5.74) is 3.92. The van der Waals surface area contributed by atoms with Gasteiger partial charge in [-0.2, -0.15) is 0 Å². The van der Waals surface area contributed by atoms with Crippen LogP contribution >= 0.6 is 11.6 Å². The molecule has 0 aromatic heterocycles. The molecule has 4 rings (SSSR count). The molecule has 0 unspecified atom stereocenters. The maximum Gasteiger partial charge on any atom is 0.335 e. The fourth-order valence-electron chi connectivity index (χ4n) is 3.64. The number of carbonyl (C=O) groups excluding carboxylic acids is 1. The first-order chi connectivity index (χ1) is 11.1. The van der Waals surface area contributed by atoms with Crippen molar-refractivity contribution < 1.29 is 14.7 Å². The molecule has 2 aromatic carbocycles. The Hall–Kier alpha value is -2.33. The number of carbonyl (C=O) groups is 2. The molecule has 1 aliphatic heterocycles. The van der Waals surface area contributed by atoms with E-state index in [0.29, 0.717) is 22.7 Å². The number of aromatic carboxylic acids is 1. The zero-order valence-electron chi connectivity index (χ0n) is 12.3. The topological polar surface area (TPSA) is 57.6 Å². The second-order valence-electron chi connectivity index (χ2n) is 5.98. The Kier molecular flexibility index (Phi) is 3.16. The number of rotatable bonds is 2. The van der Waals surface area contributed by atoms with Gasteiger partial charge in [-0.25, -0.2) is 4.79 Å². The molecule has 23 heavy (non-hydrogen) atoms. The smallest absolute Gasteiger partial charge is 0.335 e. The van der Waals surface area contributed by atoms with Crippen molar-refractivity contribution in [2.75, 3.05) is 0 Å². The molecule has 1 heterocycles. The van der Waals surface area contributed by atoms with Gasteiger partial charge in [-0.15, -0.1) is 0 Å². The molecule has 0 fully saturated rings. The van der Waals surface area contributed by atoms with Crippen molar-refractivity contribution in [2.24, 2.45) is 0 Å². The summed E-state index contributed by atoms with van der Waals surface area (Å²) in [6.07, 6.45) is 1.60. The molecule has 2 aromatic rings. The van der Waals surface area contributed by atoms with Crippen LogP contribution in [0.5, 0.6) is 0 Å². The summed E-state index contributed by atoms with van der Waals surface area (Å²) in [6, 6.07) is 10.7. The molecule has 4 nitrogen and oxygen atoms in total. The molecule has 116 valence electrons. The Morgan fingerprint density at radius 2 is 2.04 bits per heavy atom. The van der Waals surface area contributed by atoms with Crippen LogP contribution in [0.2, 0.25) is 5.02 Å². The molecular formula is C18H14ClNO3. The van der Waals surface area contributed by atoms with Crippen molar-refractivity contribution in [3.05, 3.63) is 69.2 Å². The summed E-state index contributed by atoms with van der Waals surface area (Å²) in [5, 5.41) is 9.60. The fourth-order valence-corrected chi connectivity index (χ4v) is 3.92. The van der Waals surface area contributed by atoms with Gasteiger partial charge in [-0.3, -0.25) is 4.79 Å². The number of fused-ring (bicyclic) bond motifs is 2. The zero-order chi connectivity index (χ0) is 16.1. The summed E-state index contributed by atoms with van der Waals surface area (Å²) in [4.78, 5) is 25.7. The highest BCUT2D eigenvalue weighted by molar-refractivity contribution is 6.34. The SMILES string of the molecule is O=C(O)c1ccc2c(c1)CC[C@@H]2N1Cc2cccc(Cl)c2C1=O. The Labute approximate surface area is 138 Å². The van der Waals surface area contributed by atoms with Crippen LogP contribution < -0.4 is 0 Å². The molecule has 0 spiro atoms. The number of aryl methyl sites for hydroxylation is 1. The summed E-state index contributed by atoms with van der Waals surface area (Å²) in [6.45, 7) is 0.555. The third-order valence-corrected chi connectivity index (χ3v) is 5.04. The third-order valence-electron chi connectivity index (χ3n) is 4.73. The summed E-state index contributed by atoms with van der Waals surface area (Å²) >= 11 is 6.18. The number of carboxylic acid groups (broad SMARTS) is 1. The van der Waals surface area contributed by atoms with Gasteiger partial charge in [0.1, 0.15) is 0 Å². The lowest BCUT2D eigenvalue weighted by atomic mass is 10.0. The average Bonchev–Trinajstić information content (AvgIpc) is 3.08. The van der Waals surface area contributed by atoms with E-state index in [9.17, 15) is 9.59 Å². The minimum absolute atomic E-state index is 0.0104. The van der Waals surface area contributed by atoms with Gasteiger partial charge in [0.2, 0.25) is 0 Å². The highest BCUT2D eigenvalue weighted by atomic mass is 35.5. The second kappa shape index (κ2) is 5.10. The molecule has 1 aliphatic carbocycles. The van der Waals surface area contributed by atoms with Crippen molar-refractivity contribution >= 4 is 23.5 Å².